The quantitative estimate of drug-likeness (QED) is 0.751. The molecule has 1 amide bonds. The molecule has 0 fully saturated rings. The van der Waals surface area contributed by atoms with Crippen LogP contribution in [0.4, 0.5) is 5.69 Å². The molecule has 0 aliphatic carbocycles. The van der Waals surface area contributed by atoms with Crippen molar-refractivity contribution in [2.24, 2.45) is 0 Å². The maximum atomic E-state index is 11.5. The highest BCUT2D eigenvalue weighted by Gasteiger charge is 2.10. The van der Waals surface area contributed by atoms with Crippen LogP contribution in [0.1, 0.15) is 12.5 Å². The first-order valence-electron chi connectivity index (χ1n) is 4.54. The molecule has 2 N–H and O–H groups in total. The van der Waals surface area contributed by atoms with Gasteiger partial charge in [0.2, 0.25) is 5.91 Å². The molecule has 76 valence electrons. The average molecular weight is 193 g/mol. The number of hydrogen-bond acceptors (Lipinski definition) is 3. The van der Waals surface area contributed by atoms with Crippen LogP contribution in [0.2, 0.25) is 0 Å². The number of carbonyl (C=O) groups excluding carboxylic acids is 1. The summed E-state index contributed by atoms with van der Waals surface area (Å²) in [6.07, 6.45) is 3.35. The Morgan fingerprint density at radius 3 is 2.86 bits per heavy atom. The first-order valence-corrected chi connectivity index (χ1v) is 4.54. The average Bonchev–Trinajstić information content (AvgIpc) is 2.20. The highest BCUT2D eigenvalue weighted by molar-refractivity contribution is 5.94. The molecule has 0 aromatic carbocycles. The number of rotatable bonds is 3. The van der Waals surface area contributed by atoms with Gasteiger partial charge in [-0.3, -0.25) is 9.78 Å². The summed E-state index contributed by atoms with van der Waals surface area (Å²) in [5.41, 5.74) is 1.77. The third kappa shape index (κ3) is 2.53. The summed E-state index contributed by atoms with van der Waals surface area (Å²) < 4.78 is 0. The van der Waals surface area contributed by atoms with Gasteiger partial charge in [0, 0.05) is 6.20 Å². The van der Waals surface area contributed by atoms with Crippen LogP contribution in [0.3, 0.4) is 0 Å². The standard InChI is InChI=1S/C10H15N3O/c1-7-4-5-12-6-9(7)13-10(14)8(2)11-3/h4-6,8,11H,1-3H3,(H,13,14). The summed E-state index contributed by atoms with van der Waals surface area (Å²) in [7, 11) is 1.75. The normalized spacial score (nSPS) is 12.2. The largest absolute Gasteiger partial charge is 0.323 e. The van der Waals surface area contributed by atoms with Crippen molar-refractivity contribution in [3.8, 4) is 0 Å². The smallest absolute Gasteiger partial charge is 0.241 e. The molecular formula is C10H15N3O. The molecule has 0 aliphatic heterocycles. The van der Waals surface area contributed by atoms with Gasteiger partial charge in [0.15, 0.2) is 0 Å². The molecule has 0 aliphatic rings. The summed E-state index contributed by atoms with van der Waals surface area (Å²) in [4.78, 5) is 15.4. The molecule has 0 saturated carbocycles. The highest BCUT2D eigenvalue weighted by atomic mass is 16.2. The molecular weight excluding hydrogens is 178 g/mol. The lowest BCUT2D eigenvalue weighted by atomic mass is 10.2. The van der Waals surface area contributed by atoms with Crippen molar-refractivity contribution < 1.29 is 4.79 Å². The van der Waals surface area contributed by atoms with Gasteiger partial charge in [-0.2, -0.15) is 0 Å². The monoisotopic (exact) mass is 193 g/mol. The van der Waals surface area contributed by atoms with E-state index in [9.17, 15) is 4.79 Å². The second-order valence-electron chi connectivity index (χ2n) is 3.19. The predicted molar refractivity (Wildman–Crippen MR) is 56.1 cm³/mol. The van der Waals surface area contributed by atoms with Gasteiger partial charge in [0.05, 0.1) is 17.9 Å². The SMILES string of the molecule is CNC(C)C(=O)Nc1cnccc1C. The minimum absolute atomic E-state index is 0.0522. The fraction of sp³-hybridized carbons (Fsp3) is 0.400. The number of aryl methyl sites for hydroxylation is 1. The third-order valence-electron chi connectivity index (χ3n) is 2.12. The van der Waals surface area contributed by atoms with E-state index in [0.29, 0.717) is 0 Å². The zero-order chi connectivity index (χ0) is 10.6. The highest BCUT2D eigenvalue weighted by Crippen LogP contribution is 2.11. The Morgan fingerprint density at radius 2 is 2.29 bits per heavy atom. The summed E-state index contributed by atoms with van der Waals surface area (Å²) in [5, 5.41) is 5.67. The van der Waals surface area contributed by atoms with Gasteiger partial charge in [0.1, 0.15) is 0 Å². The number of likely N-dealkylation sites (N-methyl/N-ethyl adjacent to an activating group) is 1. The Balaban J connectivity index is 2.70. The second-order valence-corrected chi connectivity index (χ2v) is 3.19. The van der Waals surface area contributed by atoms with Crippen molar-refractivity contribution in [2.45, 2.75) is 19.9 Å². The second kappa shape index (κ2) is 4.72. The number of aromatic nitrogens is 1. The van der Waals surface area contributed by atoms with Crippen LogP contribution < -0.4 is 10.6 Å². The zero-order valence-electron chi connectivity index (χ0n) is 8.66. The maximum Gasteiger partial charge on any atom is 0.241 e. The lowest BCUT2D eigenvalue weighted by Crippen LogP contribution is -2.35. The molecule has 1 aromatic heterocycles. The molecule has 1 atom stereocenters. The van der Waals surface area contributed by atoms with Crippen molar-refractivity contribution in [1.82, 2.24) is 10.3 Å². The Labute approximate surface area is 83.7 Å². The van der Waals surface area contributed by atoms with Crippen LogP contribution in [0.5, 0.6) is 0 Å². The van der Waals surface area contributed by atoms with Gasteiger partial charge in [-0.15, -0.1) is 0 Å². The van der Waals surface area contributed by atoms with Crippen LogP contribution in [-0.4, -0.2) is 24.0 Å². The summed E-state index contributed by atoms with van der Waals surface area (Å²) in [6.45, 7) is 3.74. The Hall–Kier alpha value is -1.42. The minimum Gasteiger partial charge on any atom is -0.323 e. The predicted octanol–water partition coefficient (Wildman–Crippen LogP) is 0.936. The van der Waals surface area contributed by atoms with E-state index in [0.717, 1.165) is 11.3 Å². The van der Waals surface area contributed by atoms with Gasteiger partial charge in [0.25, 0.3) is 0 Å². The fourth-order valence-electron chi connectivity index (χ4n) is 0.967. The third-order valence-corrected chi connectivity index (χ3v) is 2.12. The van der Waals surface area contributed by atoms with Crippen LogP contribution in [0, 0.1) is 6.92 Å². The molecule has 0 bridgehead atoms. The van der Waals surface area contributed by atoms with Crippen LogP contribution in [0.25, 0.3) is 0 Å². The molecule has 4 nitrogen and oxygen atoms in total. The molecule has 1 aromatic rings. The van der Waals surface area contributed by atoms with E-state index < -0.39 is 0 Å². The molecule has 1 unspecified atom stereocenters. The van der Waals surface area contributed by atoms with E-state index in [1.54, 1.807) is 26.4 Å². The van der Waals surface area contributed by atoms with Gasteiger partial charge < -0.3 is 10.6 Å². The van der Waals surface area contributed by atoms with Crippen molar-refractivity contribution in [3.63, 3.8) is 0 Å². The number of carbonyl (C=O) groups is 1. The van der Waals surface area contributed by atoms with Crippen molar-refractivity contribution >= 4 is 11.6 Å². The number of amides is 1. The van der Waals surface area contributed by atoms with E-state index in [2.05, 4.69) is 15.6 Å². The Morgan fingerprint density at radius 1 is 1.57 bits per heavy atom. The van der Waals surface area contributed by atoms with E-state index in [1.807, 2.05) is 13.0 Å². The van der Waals surface area contributed by atoms with Crippen LogP contribution >= 0.6 is 0 Å². The topological polar surface area (TPSA) is 54.0 Å². The molecule has 0 saturated heterocycles. The lowest BCUT2D eigenvalue weighted by molar-refractivity contribution is -0.117. The number of pyridine rings is 1. The first-order chi connectivity index (χ1) is 6.65. The van der Waals surface area contributed by atoms with Crippen molar-refractivity contribution in [2.75, 3.05) is 12.4 Å². The minimum atomic E-state index is -0.199. The van der Waals surface area contributed by atoms with Gasteiger partial charge in [-0.25, -0.2) is 0 Å². The summed E-state index contributed by atoms with van der Waals surface area (Å²) in [6, 6.07) is 1.66. The van der Waals surface area contributed by atoms with E-state index in [1.165, 1.54) is 0 Å². The number of hydrogen-bond donors (Lipinski definition) is 2. The molecule has 1 rings (SSSR count). The lowest BCUT2D eigenvalue weighted by Gasteiger charge is -2.11. The molecule has 4 heteroatoms. The van der Waals surface area contributed by atoms with E-state index in [4.69, 9.17) is 0 Å². The first kappa shape index (κ1) is 10.7. The Bertz CT molecular complexity index is 325. The summed E-state index contributed by atoms with van der Waals surface area (Å²) in [5.74, 6) is -0.0522. The van der Waals surface area contributed by atoms with E-state index >= 15 is 0 Å². The van der Waals surface area contributed by atoms with Crippen molar-refractivity contribution in [3.05, 3.63) is 24.0 Å². The van der Waals surface area contributed by atoms with Gasteiger partial charge >= 0.3 is 0 Å². The van der Waals surface area contributed by atoms with Crippen LogP contribution in [-0.2, 0) is 4.79 Å². The maximum absolute atomic E-state index is 11.5. The molecule has 0 radical (unpaired) electrons. The molecule has 1 heterocycles. The number of anilines is 1. The fourth-order valence-corrected chi connectivity index (χ4v) is 0.967. The van der Waals surface area contributed by atoms with Crippen LogP contribution in [0.15, 0.2) is 18.5 Å². The van der Waals surface area contributed by atoms with Crippen molar-refractivity contribution in [1.29, 1.82) is 0 Å². The zero-order valence-corrected chi connectivity index (χ0v) is 8.66. The molecule has 0 spiro atoms. The Kier molecular flexibility index (Phi) is 3.59. The van der Waals surface area contributed by atoms with Gasteiger partial charge in [-0.1, -0.05) is 0 Å². The van der Waals surface area contributed by atoms with Gasteiger partial charge in [-0.05, 0) is 32.5 Å². The number of nitrogens with one attached hydrogen (secondary N) is 2. The van der Waals surface area contributed by atoms with E-state index in [-0.39, 0.29) is 11.9 Å². The summed E-state index contributed by atoms with van der Waals surface area (Å²) >= 11 is 0. The molecule has 14 heavy (non-hydrogen) atoms. The number of nitrogens with zero attached hydrogens (tertiary/aromatic N) is 1.